The topological polar surface area (TPSA) is 26.3 Å². The third kappa shape index (κ3) is 2.96. The first-order chi connectivity index (χ1) is 6.61. The zero-order valence-corrected chi connectivity index (χ0v) is 8.86. The molecule has 0 bridgehead atoms. The van der Waals surface area contributed by atoms with Crippen LogP contribution in [0.15, 0.2) is 30.3 Å². The Balaban J connectivity index is 2.84. The highest BCUT2D eigenvalue weighted by atomic mass is 16.5. The number of ketones is 1. The van der Waals surface area contributed by atoms with E-state index in [1.165, 1.54) is 0 Å². The fraction of sp³-hybridized carbons (Fsp3) is 0.417. The fourth-order valence-electron chi connectivity index (χ4n) is 1.31. The Morgan fingerprint density at radius 3 is 2.21 bits per heavy atom. The molecule has 0 saturated carbocycles. The maximum atomic E-state index is 11.4. The lowest BCUT2D eigenvalue weighted by molar-refractivity contribution is -0.131. The first-order valence-electron chi connectivity index (χ1n) is 4.82. The summed E-state index contributed by atoms with van der Waals surface area (Å²) in [4.78, 5) is 11.4. The maximum absolute atomic E-state index is 11.4. The molecule has 0 aliphatic rings. The van der Waals surface area contributed by atoms with E-state index in [4.69, 9.17) is 4.74 Å². The van der Waals surface area contributed by atoms with Crippen LogP contribution in [0.25, 0.3) is 0 Å². The summed E-state index contributed by atoms with van der Waals surface area (Å²) in [6.45, 7) is 5.41. The van der Waals surface area contributed by atoms with E-state index >= 15 is 0 Å². The number of carbonyl (C=O) groups excluding carboxylic acids is 1. The molecule has 2 nitrogen and oxygen atoms in total. The van der Waals surface area contributed by atoms with Crippen molar-refractivity contribution in [2.45, 2.75) is 33.0 Å². The number of carbonyl (C=O) groups is 1. The second-order valence-corrected chi connectivity index (χ2v) is 3.59. The van der Waals surface area contributed by atoms with Gasteiger partial charge in [-0.05, 0) is 26.3 Å². The van der Waals surface area contributed by atoms with Gasteiger partial charge in [-0.2, -0.15) is 0 Å². The number of benzene rings is 1. The Kier molecular flexibility index (Phi) is 3.84. The van der Waals surface area contributed by atoms with E-state index in [9.17, 15) is 4.79 Å². The van der Waals surface area contributed by atoms with Crippen molar-refractivity contribution in [3.8, 4) is 0 Å². The van der Waals surface area contributed by atoms with E-state index in [1.807, 2.05) is 44.2 Å². The molecule has 0 aromatic heterocycles. The largest absolute Gasteiger partial charge is 0.363 e. The third-order valence-electron chi connectivity index (χ3n) is 1.88. The quantitative estimate of drug-likeness (QED) is 0.733. The van der Waals surface area contributed by atoms with Crippen LogP contribution >= 0.6 is 0 Å². The molecule has 0 unspecified atom stereocenters. The molecule has 0 heterocycles. The van der Waals surface area contributed by atoms with Crippen molar-refractivity contribution in [2.24, 2.45) is 0 Å². The average molecular weight is 192 g/mol. The summed E-state index contributed by atoms with van der Waals surface area (Å²) in [5.74, 6) is 0.0462. The molecule has 1 rings (SSSR count). The van der Waals surface area contributed by atoms with Crippen LogP contribution in [0.3, 0.4) is 0 Å². The van der Waals surface area contributed by atoms with Gasteiger partial charge in [-0.3, -0.25) is 4.79 Å². The summed E-state index contributed by atoms with van der Waals surface area (Å²) in [5.41, 5.74) is 0.925. The van der Waals surface area contributed by atoms with Gasteiger partial charge >= 0.3 is 0 Å². The van der Waals surface area contributed by atoms with E-state index in [0.717, 1.165) is 5.56 Å². The molecule has 0 aliphatic heterocycles. The number of ether oxygens (including phenoxy) is 1. The Morgan fingerprint density at radius 1 is 1.21 bits per heavy atom. The standard InChI is InChI=1S/C12H16O2/c1-9(2)14-12(10(3)13)11-7-5-4-6-8-11/h4-9,12H,1-3H3/t12-/m0/s1. The number of hydrogen-bond donors (Lipinski definition) is 0. The summed E-state index contributed by atoms with van der Waals surface area (Å²) in [7, 11) is 0. The van der Waals surface area contributed by atoms with Gasteiger partial charge in [-0.25, -0.2) is 0 Å². The van der Waals surface area contributed by atoms with Crippen molar-refractivity contribution in [3.05, 3.63) is 35.9 Å². The van der Waals surface area contributed by atoms with E-state index in [0.29, 0.717) is 0 Å². The molecular weight excluding hydrogens is 176 g/mol. The Bertz CT molecular complexity index is 290. The van der Waals surface area contributed by atoms with Gasteiger partial charge in [0, 0.05) is 0 Å². The van der Waals surface area contributed by atoms with E-state index in [2.05, 4.69) is 0 Å². The summed E-state index contributed by atoms with van der Waals surface area (Å²) < 4.78 is 5.55. The summed E-state index contributed by atoms with van der Waals surface area (Å²) >= 11 is 0. The van der Waals surface area contributed by atoms with Crippen molar-refractivity contribution in [2.75, 3.05) is 0 Å². The molecule has 0 radical (unpaired) electrons. The number of rotatable bonds is 4. The summed E-state index contributed by atoms with van der Waals surface area (Å²) in [5, 5.41) is 0. The van der Waals surface area contributed by atoms with Gasteiger partial charge in [0.05, 0.1) is 6.10 Å². The lowest BCUT2D eigenvalue weighted by atomic mass is 10.1. The van der Waals surface area contributed by atoms with Crippen molar-refractivity contribution >= 4 is 5.78 Å². The van der Waals surface area contributed by atoms with Gasteiger partial charge < -0.3 is 4.74 Å². The minimum atomic E-state index is -0.420. The lowest BCUT2D eigenvalue weighted by Gasteiger charge is -2.17. The first kappa shape index (κ1) is 10.9. The third-order valence-corrected chi connectivity index (χ3v) is 1.88. The van der Waals surface area contributed by atoms with Crippen LogP contribution in [0.4, 0.5) is 0 Å². The van der Waals surface area contributed by atoms with Crippen molar-refractivity contribution in [3.63, 3.8) is 0 Å². The molecular formula is C12H16O2. The van der Waals surface area contributed by atoms with Crippen LogP contribution in [0.2, 0.25) is 0 Å². The molecule has 14 heavy (non-hydrogen) atoms. The Labute approximate surface area is 84.9 Å². The van der Waals surface area contributed by atoms with Gasteiger partial charge in [0.15, 0.2) is 5.78 Å². The smallest absolute Gasteiger partial charge is 0.163 e. The van der Waals surface area contributed by atoms with Gasteiger partial charge in [0.2, 0.25) is 0 Å². The predicted octanol–water partition coefficient (Wildman–Crippen LogP) is 2.74. The molecule has 0 fully saturated rings. The highest BCUT2D eigenvalue weighted by Crippen LogP contribution is 2.19. The SMILES string of the molecule is CC(=O)[C@H](OC(C)C)c1ccccc1. The second kappa shape index (κ2) is 4.91. The fourth-order valence-corrected chi connectivity index (χ4v) is 1.31. The second-order valence-electron chi connectivity index (χ2n) is 3.59. The van der Waals surface area contributed by atoms with Crippen LogP contribution in [0.1, 0.15) is 32.4 Å². The minimum Gasteiger partial charge on any atom is -0.363 e. The zero-order chi connectivity index (χ0) is 10.6. The number of Topliss-reactive ketones (excluding diaryl/α,β-unsaturated/α-hetero) is 1. The molecule has 1 aromatic rings. The van der Waals surface area contributed by atoms with Crippen LogP contribution in [-0.2, 0) is 9.53 Å². The van der Waals surface area contributed by atoms with Crippen LogP contribution in [-0.4, -0.2) is 11.9 Å². The number of hydrogen-bond acceptors (Lipinski definition) is 2. The summed E-state index contributed by atoms with van der Waals surface area (Å²) in [6, 6.07) is 9.57. The van der Waals surface area contributed by atoms with Crippen molar-refractivity contribution < 1.29 is 9.53 Å². The van der Waals surface area contributed by atoms with E-state index < -0.39 is 6.10 Å². The molecule has 0 amide bonds. The Morgan fingerprint density at radius 2 is 1.79 bits per heavy atom. The van der Waals surface area contributed by atoms with Gasteiger partial charge in [-0.15, -0.1) is 0 Å². The summed E-state index contributed by atoms with van der Waals surface area (Å²) in [6.07, 6.45) is -0.361. The molecule has 76 valence electrons. The van der Waals surface area contributed by atoms with Crippen LogP contribution in [0.5, 0.6) is 0 Å². The van der Waals surface area contributed by atoms with Gasteiger partial charge in [0.1, 0.15) is 6.10 Å². The highest BCUT2D eigenvalue weighted by Gasteiger charge is 2.17. The molecule has 1 aromatic carbocycles. The molecule has 0 aliphatic carbocycles. The molecule has 0 spiro atoms. The Hall–Kier alpha value is -1.15. The molecule has 0 saturated heterocycles. The predicted molar refractivity (Wildman–Crippen MR) is 56.1 cm³/mol. The monoisotopic (exact) mass is 192 g/mol. The van der Waals surface area contributed by atoms with Crippen molar-refractivity contribution in [1.82, 2.24) is 0 Å². The van der Waals surface area contributed by atoms with Gasteiger partial charge in [0.25, 0.3) is 0 Å². The van der Waals surface area contributed by atoms with Crippen molar-refractivity contribution in [1.29, 1.82) is 0 Å². The lowest BCUT2D eigenvalue weighted by Crippen LogP contribution is -2.17. The first-order valence-corrected chi connectivity index (χ1v) is 4.82. The zero-order valence-electron chi connectivity index (χ0n) is 8.86. The van der Waals surface area contributed by atoms with Crippen LogP contribution < -0.4 is 0 Å². The van der Waals surface area contributed by atoms with E-state index in [-0.39, 0.29) is 11.9 Å². The van der Waals surface area contributed by atoms with E-state index in [1.54, 1.807) is 6.92 Å². The molecule has 1 atom stereocenters. The molecule has 0 N–H and O–H groups in total. The minimum absolute atomic E-state index is 0.0462. The normalized spacial score (nSPS) is 12.9. The van der Waals surface area contributed by atoms with Gasteiger partial charge in [-0.1, -0.05) is 30.3 Å². The molecule has 2 heteroatoms. The average Bonchev–Trinajstić information content (AvgIpc) is 2.15. The highest BCUT2D eigenvalue weighted by molar-refractivity contribution is 5.81. The van der Waals surface area contributed by atoms with Crippen LogP contribution in [0, 0.1) is 0 Å². The maximum Gasteiger partial charge on any atom is 0.163 e.